The first-order chi connectivity index (χ1) is 20.8. The average molecular weight is 640 g/mol. The zero-order valence-electron chi connectivity index (χ0n) is 28.5. The maximum atomic E-state index is 7.14. The minimum Gasteiger partial charge on any atom is -0.406 e. The largest absolute Gasteiger partial charge is 0.406 e. The fourth-order valence-corrected chi connectivity index (χ4v) is 15.3. The number of hydrogen-bond donors (Lipinski definition) is 1. The minimum absolute atomic E-state index is 0.103. The Morgan fingerprint density at radius 1 is 0.500 bits per heavy atom. The zero-order valence-corrected chi connectivity index (χ0v) is 31.7. The van der Waals surface area contributed by atoms with E-state index in [1.807, 2.05) is 0 Å². The van der Waals surface area contributed by atoms with Gasteiger partial charge in [0, 0.05) is 6.04 Å². The van der Waals surface area contributed by atoms with Crippen LogP contribution in [0, 0.1) is 0 Å². The fraction of sp³-hybridized carbons (Fsp3) is 0.368. The Hall–Kier alpha value is -2.27. The van der Waals surface area contributed by atoms with E-state index < -0.39 is 16.6 Å². The van der Waals surface area contributed by atoms with Gasteiger partial charge in [0.05, 0.1) is 13.2 Å². The molecule has 44 heavy (non-hydrogen) atoms. The highest BCUT2D eigenvalue weighted by Gasteiger charge is 2.52. The SMILES string of the molecule is CC(C)(C)[Si](OCC(N)CO[Si](c1ccccc1)(c1ccccc1)C(C)(C)C)(c1ccccc1)c1ccccc1.[CH3][Al]([CH3])[CH3]. The second-order valence-corrected chi connectivity index (χ2v) is 26.5. The molecule has 0 atom stereocenters. The summed E-state index contributed by atoms with van der Waals surface area (Å²) in [4.78, 5) is 0. The van der Waals surface area contributed by atoms with Gasteiger partial charge < -0.3 is 14.6 Å². The molecule has 2 N–H and O–H groups in total. The van der Waals surface area contributed by atoms with Crippen molar-refractivity contribution in [3.8, 4) is 0 Å². The summed E-state index contributed by atoms with van der Waals surface area (Å²) < 4.78 is 14.3. The molecule has 0 radical (unpaired) electrons. The van der Waals surface area contributed by atoms with E-state index in [-0.39, 0.29) is 30.3 Å². The van der Waals surface area contributed by atoms with Crippen molar-refractivity contribution in [2.75, 3.05) is 13.2 Å². The Morgan fingerprint density at radius 2 is 0.705 bits per heavy atom. The van der Waals surface area contributed by atoms with E-state index in [1.54, 1.807) is 0 Å². The molecule has 0 spiro atoms. The van der Waals surface area contributed by atoms with Crippen LogP contribution in [0.3, 0.4) is 0 Å². The van der Waals surface area contributed by atoms with Crippen LogP contribution in [0.5, 0.6) is 0 Å². The third-order valence-corrected chi connectivity index (χ3v) is 17.9. The molecule has 4 rings (SSSR count). The Bertz CT molecular complexity index is 1190. The topological polar surface area (TPSA) is 44.5 Å². The normalized spacial score (nSPS) is 12.4. The summed E-state index contributed by atoms with van der Waals surface area (Å²) in [5.41, 5.74) is 6.88. The summed E-state index contributed by atoms with van der Waals surface area (Å²) >= 11 is -0.139. The maximum Gasteiger partial charge on any atom is 0.261 e. The van der Waals surface area contributed by atoms with E-state index in [1.165, 1.54) is 20.7 Å². The third kappa shape index (κ3) is 8.50. The quantitative estimate of drug-likeness (QED) is 0.193. The second-order valence-electron chi connectivity index (χ2n) is 14.4. The Morgan fingerprint density at radius 3 is 0.886 bits per heavy atom. The lowest BCUT2D eigenvalue weighted by Crippen LogP contribution is -2.68. The lowest BCUT2D eigenvalue weighted by Gasteiger charge is -2.45. The van der Waals surface area contributed by atoms with E-state index in [4.69, 9.17) is 14.6 Å². The Labute approximate surface area is 274 Å². The van der Waals surface area contributed by atoms with Crippen LogP contribution in [0.4, 0.5) is 0 Å². The number of hydrogen-bond acceptors (Lipinski definition) is 3. The van der Waals surface area contributed by atoms with Gasteiger partial charge in [-0.2, -0.15) is 0 Å². The van der Waals surface area contributed by atoms with Crippen LogP contribution in [-0.4, -0.2) is 50.0 Å². The van der Waals surface area contributed by atoms with Crippen molar-refractivity contribution in [1.29, 1.82) is 0 Å². The van der Waals surface area contributed by atoms with Crippen molar-refractivity contribution in [1.82, 2.24) is 0 Å². The summed E-state index contributed by atoms with van der Waals surface area (Å²) in [6.07, 6.45) is 0. The van der Waals surface area contributed by atoms with Crippen LogP contribution >= 0.6 is 0 Å². The monoisotopic (exact) mass is 639 g/mol. The van der Waals surface area contributed by atoms with E-state index in [9.17, 15) is 0 Å². The van der Waals surface area contributed by atoms with Crippen LogP contribution in [0.15, 0.2) is 121 Å². The molecule has 0 aliphatic rings. The van der Waals surface area contributed by atoms with Gasteiger partial charge in [0.25, 0.3) is 30.8 Å². The molecule has 6 heteroatoms. The Kier molecular flexibility index (Phi) is 13.0. The lowest BCUT2D eigenvalue weighted by atomic mass is 10.2. The zero-order chi connectivity index (χ0) is 32.4. The smallest absolute Gasteiger partial charge is 0.261 e. The highest BCUT2D eigenvalue weighted by Crippen LogP contribution is 2.38. The van der Waals surface area contributed by atoms with Crippen molar-refractivity contribution in [2.45, 2.75) is 75.0 Å². The lowest BCUT2D eigenvalue weighted by molar-refractivity contribution is 0.205. The predicted molar refractivity (Wildman–Crippen MR) is 198 cm³/mol. The van der Waals surface area contributed by atoms with Crippen LogP contribution in [0.2, 0.25) is 27.4 Å². The standard InChI is InChI=1S/C35H45NO2Si2.3CH3.Al/c1-34(2,3)39(30-19-11-7-12-20-30,31-21-13-8-14-22-31)37-27-29(36)28-38-40(35(4,5)6,32-23-15-9-16-24-32)33-25-17-10-18-26-33;;;;/h7-26,29H,27-28,36H2,1-6H3;3*1H3;. The van der Waals surface area contributed by atoms with Gasteiger partial charge in [0.2, 0.25) is 0 Å². The summed E-state index contributed by atoms with van der Waals surface area (Å²) in [5.74, 6) is 6.92. The van der Waals surface area contributed by atoms with Gasteiger partial charge in [-0.15, -0.1) is 17.4 Å². The summed E-state index contributed by atoms with van der Waals surface area (Å²) in [6.45, 7) is 14.6. The number of benzene rings is 4. The predicted octanol–water partition coefficient (Wildman–Crippen LogP) is 6.84. The molecule has 4 aromatic rings. The number of rotatable bonds is 10. The third-order valence-electron chi connectivity index (χ3n) is 7.86. The summed E-state index contributed by atoms with van der Waals surface area (Å²) in [7, 11) is -5.35. The molecular weight excluding hydrogens is 586 g/mol. The molecule has 0 bridgehead atoms. The van der Waals surface area contributed by atoms with Gasteiger partial charge in [0.15, 0.2) is 0 Å². The molecule has 0 aliphatic heterocycles. The van der Waals surface area contributed by atoms with Crippen LogP contribution in [0.1, 0.15) is 41.5 Å². The molecule has 0 fully saturated rings. The van der Waals surface area contributed by atoms with Crippen molar-refractivity contribution < 1.29 is 8.85 Å². The highest BCUT2D eigenvalue weighted by molar-refractivity contribution is 7.00. The van der Waals surface area contributed by atoms with Crippen molar-refractivity contribution >= 4 is 51.5 Å². The van der Waals surface area contributed by atoms with Crippen molar-refractivity contribution in [3.05, 3.63) is 121 Å². The molecule has 0 saturated heterocycles. The molecule has 0 saturated carbocycles. The molecule has 0 amide bonds. The number of nitrogens with two attached hydrogens (primary N) is 1. The van der Waals surface area contributed by atoms with Crippen molar-refractivity contribution in [2.24, 2.45) is 5.73 Å². The fourth-order valence-electron chi connectivity index (χ4n) is 6.04. The molecular formula is C38H54AlNO2Si2. The van der Waals surface area contributed by atoms with E-state index in [0.29, 0.717) is 13.2 Å². The molecule has 3 nitrogen and oxygen atoms in total. The first-order valence-corrected chi connectivity index (χ1v) is 23.3. The highest BCUT2D eigenvalue weighted by atomic mass is 28.4. The molecule has 234 valence electrons. The summed E-state index contributed by atoms with van der Waals surface area (Å²) in [5, 5.41) is 4.83. The van der Waals surface area contributed by atoms with Crippen LogP contribution in [0.25, 0.3) is 0 Å². The average Bonchev–Trinajstić information content (AvgIpc) is 2.98. The summed E-state index contributed by atoms with van der Waals surface area (Å²) in [6, 6.07) is 42.6. The van der Waals surface area contributed by atoms with Gasteiger partial charge in [-0.25, -0.2) is 0 Å². The van der Waals surface area contributed by atoms with Crippen LogP contribution in [-0.2, 0) is 8.85 Å². The van der Waals surface area contributed by atoms with E-state index >= 15 is 0 Å². The van der Waals surface area contributed by atoms with Gasteiger partial charge >= 0.3 is 0 Å². The second kappa shape index (κ2) is 15.8. The van der Waals surface area contributed by atoms with E-state index in [2.05, 4.69) is 180 Å². The van der Waals surface area contributed by atoms with Gasteiger partial charge in [-0.05, 0) is 30.8 Å². The van der Waals surface area contributed by atoms with Gasteiger partial charge in [-0.3, -0.25) is 0 Å². The molecule has 0 heterocycles. The van der Waals surface area contributed by atoms with E-state index in [0.717, 1.165) is 0 Å². The first kappa shape index (κ1) is 36.2. The Balaban J connectivity index is 0.00000124. The minimum atomic E-state index is -2.68. The first-order valence-electron chi connectivity index (χ1n) is 16.0. The van der Waals surface area contributed by atoms with Crippen LogP contribution < -0.4 is 26.5 Å². The maximum absolute atomic E-state index is 7.14. The molecule has 0 aromatic heterocycles. The van der Waals surface area contributed by atoms with Crippen molar-refractivity contribution in [3.63, 3.8) is 0 Å². The molecule has 0 unspecified atom stereocenters. The van der Waals surface area contributed by atoms with Gasteiger partial charge in [0.1, 0.15) is 0 Å². The molecule has 0 aliphatic carbocycles. The molecule has 4 aromatic carbocycles. The van der Waals surface area contributed by atoms with Gasteiger partial charge in [-0.1, -0.05) is 163 Å².